The van der Waals surface area contributed by atoms with E-state index in [9.17, 15) is 13.6 Å². The zero-order valence-electron chi connectivity index (χ0n) is 30.0. The van der Waals surface area contributed by atoms with Crippen LogP contribution in [-0.4, -0.2) is 93.4 Å². The van der Waals surface area contributed by atoms with Crippen molar-refractivity contribution in [1.29, 1.82) is 0 Å². The van der Waals surface area contributed by atoms with Crippen LogP contribution >= 0.6 is 0 Å². The second-order valence-corrected chi connectivity index (χ2v) is 14.0. The fourth-order valence-electron chi connectivity index (χ4n) is 5.77. The number of rotatable bonds is 13. The molecule has 5 aromatic rings. The number of hydrogen-bond donors (Lipinski definition) is 4. The van der Waals surface area contributed by atoms with Crippen LogP contribution in [0.4, 0.5) is 25.2 Å². The van der Waals surface area contributed by atoms with Crippen LogP contribution in [0.2, 0.25) is 0 Å². The van der Waals surface area contributed by atoms with Crippen molar-refractivity contribution in [2.75, 3.05) is 13.2 Å². The number of allylic oxidation sites excluding steroid dienone is 1. The molecule has 2 fully saturated rings. The lowest BCUT2D eigenvalue weighted by atomic mass is 10.0. The average molecular weight is 747 g/mol. The Bertz CT molecular complexity index is 2250. The van der Waals surface area contributed by atoms with Crippen molar-refractivity contribution in [3.8, 4) is 17.1 Å². The van der Waals surface area contributed by atoms with E-state index in [-0.39, 0.29) is 41.2 Å². The topological polar surface area (TPSA) is 228 Å². The van der Waals surface area contributed by atoms with E-state index in [2.05, 4.69) is 45.8 Å². The molecule has 7 rings (SSSR count). The number of alkyl halides is 2. The SMILES string of the molecule is Cn1cc(-c2cn3nccc3c(N=C(N)/C=C\C(C)(C)n3nc(OCC(F)F)cc3C(N)=Nc3cc(C4CC(OC(=O)NC5(C)CC5)CO4)[nH]n3)n2)cn1. The average Bonchev–Trinajstić information content (AvgIpc) is 3.80. The molecule has 1 saturated carbocycles. The van der Waals surface area contributed by atoms with Crippen molar-refractivity contribution >= 4 is 34.9 Å². The van der Waals surface area contributed by atoms with Crippen molar-refractivity contribution in [2.45, 2.75) is 69.7 Å². The fraction of sp³-hybridized carbons (Fsp3) is 0.412. The van der Waals surface area contributed by atoms with Gasteiger partial charge in [-0.05, 0) is 45.8 Å². The van der Waals surface area contributed by atoms with E-state index in [0.717, 1.165) is 18.4 Å². The largest absolute Gasteiger partial charge is 0.471 e. The summed E-state index contributed by atoms with van der Waals surface area (Å²) in [7, 11) is 1.81. The molecule has 2 atom stereocenters. The monoisotopic (exact) mass is 746 g/mol. The van der Waals surface area contributed by atoms with Crippen molar-refractivity contribution < 1.29 is 27.8 Å². The molecule has 1 amide bonds. The van der Waals surface area contributed by atoms with Gasteiger partial charge in [-0.3, -0.25) is 9.78 Å². The summed E-state index contributed by atoms with van der Waals surface area (Å²) in [5, 5.41) is 23.0. The zero-order chi connectivity index (χ0) is 38.2. The molecule has 18 nitrogen and oxygen atoms in total. The van der Waals surface area contributed by atoms with Gasteiger partial charge < -0.3 is 31.0 Å². The number of hydrogen-bond acceptors (Lipinski definition) is 11. The van der Waals surface area contributed by atoms with Crippen LogP contribution in [0.5, 0.6) is 5.88 Å². The number of amidine groups is 2. The van der Waals surface area contributed by atoms with Gasteiger partial charge in [-0.25, -0.2) is 37.7 Å². The summed E-state index contributed by atoms with van der Waals surface area (Å²) in [6.07, 6.45) is 8.47. The maximum absolute atomic E-state index is 13.1. The van der Waals surface area contributed by atoms with Gasteiger partial charge in [0.1, 0.15) is 29.3 Å². The molecule has 0 radical (unpaired) electrons. The van der Waals surface area contributed by atoms with Crippen LogP contribution in [-0.2, 0) is 22.1 Å². The number of carbonyl (C=O) groups excluding carboxylic acids is 1. The Balaban J connectivity index is 1.10. The van der Waals surface area contributed by atoms with E-state index in [1.165, 1.54) is 10.7 Å². The first-order valence-electron chi connectivity index (χ1n) is 17.1. The minimum Gasteiger partial charge on any atom is -0.471 e. The van der Waals surface area contributed by atoms with Gasteiger partial charge in [-0.15, -0.1) is 5.10 Å². The summed E-state index contributed by atoms with van der Waals surface area (Å²) in [5.41, 5.74) is 14.6. The van der Waals surface area contributed by atoms with Gasteiger partial charge in [0.15, 0.2) is 24.1 Å². The molecule has 6 N–H and O–H groups in total. The first kappa shape index (κ1) is 36.2. The highest BCUT2D eigenvalue weighted by Crippen LogP contribution is 2.35. The molecular weight excluding hydrogens is 706 g/mol. The van der Waals surface area contributed by atoms with Crippen LogP contribution in [0, 0.1) is 0 Å². The number of alkyl carbamates (subject to hydrolysis) is 1. The van der Waals surface area contributed by atoms with E-state index < -0.39 is 36.9 Å². The number of nitrogens with two attached hydrogens (primary N) is 2. The molecule has 1 aliphatic carbocycles. The number of aliphatic imine (C=N–C) groups is 2. The van der Waals surface area contributed by atoms with Crippen LogP contribution in [0.25, 0.3) is 16.8 Å². The van der Waals surface area contributed by atoms with Crippen LogP contribution < -0.4 is 21.5 Å². The molecular formula is C34H40F2N14O4. The highest BCUT2D eigenvalue weighted by molar-refractivity contribution is 5.98. The number of amides is 1. The maximum atomic E-state index is 13.1. The van der Waals surface area contributed by atoms with Crippen LogP contribution in [0.15, 0.2) is 65.1 Å². The Morgan fingerprint density at radius 2 is 2.06 bits per heavy atom. The standard InChI is InChI=1S/C34H40F2N14O4/c1-33(2,7-5-27(37)42-31-23-6-10-39-49(23)16-22(41-31)19-14-40-48(4)15-19)50-24(13-29(47-50)53-18-26(35)36)30(38)43-28-12-21(45-46-28)25-11-20(17-52-25)54-32(51)44-34(3)8-9-34/h5-7,10,12-16,20,25-26H,8-9,11,17-18H2,1-4H3,(H,44,51)(H2,37,41,42)(H3,38,43,45,46)/b7-5-. The van der Waals surface area contributed by atoms with E-state index in [1.807, 2.05) is 34.0 Å². The number of aryl methyl sites for hydroxylation is 1. The first-order chi connectivity index (χ1) is 25.7. The zero-order valence-corrected chi connectivity index (χ0v) is 30.0. The van der Waals surface area contributed by atoms with Gasteiger partial charge >= 0.3 is 6.09 Å². The molecule has 1 saturated heterocycles. The summed E-state index contributed by atoms with van der Waals surface area (Å²) < 4.78 is 47.6. The van der Waals surface area contributed by atoms with Crippen LogP contribution in [0.1, 0.15) is 57.5 Å². The van der Waals surface area contributed by atoms with E-state index in [0.29, 0.717) is 29.1 Å². The first-order valence-corrected chi connectivity index (χ1v) is 17.1. The normalized spacial score (nSPS) is 18.9. The van der Waals surface area contributed by atoms with E-state index in [1.54, 1.807) is 52.1 Å². The Morgan fingerprint density at radius 1 is 1.24 bits per heavy atom. The summed E-state index contributed by atoms with van der Waals surface area (Å²) in [5.74, 6) is 0.586. The van der Waals surface area contributed by atoms with Gasteiger partial charge in [-0.2, -0.15) is 15.3 Å². The Morgan fingerprint density at radius 3 is 2.80 bits per heavy atom. The number of H-pyrrole nitrogens is 1. The van der Waals surface area contributed by atoms with Gasteiger partial charge in [0.25, 0.3) is 6.43 Å². The second-order valence-electron chi connectivity index (χ2n) is 14.0. The minimum atomic E-state index is -2.72. The summed E-state index contributed by atoms with van der Waals surface area (Å²) >= 11 is 0. The van der Waals surface area contributed by atoms with Crippen LogP contribution in [0.3, 0.4) is 0 Å². The summed E-state index contributed by atoms with van der Waals surface area (Å²) in [6, 6.07) is 4.85. The summed E-state index contributed by atoms with van der Waals surface area (Å²) in [4.78, 5) is 26.0. The van der Waals surface area contributed by atoms with E-state index >= 15 is 0 Å². The number of nitrogens with one attached hydrogen (secondary N) is 2. The Hall–Kier alpha value is -6.18. The molecule has 284 valence electrons. The molecule has 0 aromatic carbocycles. The lowest BCUT2D eigenvalue weighted by Gasteiger charge is -2.23. The smallest absolute Gasteiger partial charge is 0.407 e. The predicted molar refractivity (Wildman–Crippen MR) is 192 cm³/mol. The molecule has 2 aliphatic rings. The fourth-order valence-corrected chi connectivity index (χ4v) is 5.77. The lowest BCUT2D eigenvalue weighted by Crippen LogP contribution is -2.37. The van der Waals surface area contributed by atoms with Gasteiger partial charge in [-0.1, -0.05) is 6.08 Å². The molecule has 5 aromatic heterocycles. The number of halogens is 2. The van der Waals surface area contributed by atoms with Gasteiger partial charge in [0.05, 0.1) is 42.1 Å². The number of fused-ring (bicyclic) bond motifs is 1. The quantitative estimate of drug-likeness (QED) is 0.100. The summed E-state index contributed by atoms with van der Waals surface area (Å²) in [6.45, 7) is 4.95. The molecule has 54 heavy (non-hydrogen) atoms. The predicted octanol–water partition coefficient (Wildman–Crippen LogP) is 3.82. The molecule has 1 aliphatic heterocycles. The van der Waals surface area contributed by atoms with Crippen molar-refractivity contribution in [2.24, 2.45) is 28.5 Å². The highest BCUT2D eigenvalue weighted by Gasteiger charge is 2.40. The number of carbonyl (C=O) groups is 1. The van der Waals surface area contributed by atoms with Gasteiger partial charge in [0.2, 0.25) is 5.88 Å². The van der Waals surface area contributed by atoms with Crippen molar-refractivity contribution in [3.05, 3.63) is 66.5 Å². The minimum absolute atomic E-state index is 0.0195. The third-order valence-electron chi connectivity index (χ3n) is 8.92. The number of nitrogens with zero attached hydrogens (tertiary/aromatic N) is 10. The number of ether oxygens (including phenoxy) is 3. The van der Waals surface area contributed by atoms with Gasteiger partial charge in [0, 0.05) is 42.9 Å². The second kappa shape index (κ2) is 14.3. The van der Waals surface area contributed by atoms with E-state index in [4.69, 9.17) is 25.7 Å². The van der Waals surface area contributed by atoms with Crippen molar-refractivity contribution in [3.63, 3.8) is 0 Å². The van der Waals surface area contributed by atoms with Crippen molar-refractivity contribution in [1.82, 2.24) is 49.7 Å². The molecule has 0 spiro atoms. The Labute approximate surface area is 307 Å². The molecule has 6 heterocycles. The molecule has 0 bridgehead atoms. The third-order valence-corrected chi connectivity index (χ3v) is 8.92. The number of aromatic nitrogens is 9. The third kappa shape index (κ3) is 8.22. The Kier molecular flexibility index (Phi) is 9.60. The highest BCUT2D eigenvalue weighted by atomic mass is 19.3. The molecule has 20 heteroatoms. The number of aromatic amines is 1. The molecule has 2 unspecified atom stereocenters. The lowest BCUT2D eigenvalue weighted by molar-refractivity contribution is 0.0675. The maximum Gasteiger partial charge on any atom is 0.407 e.